The summed E-state index contributed by atoms with van der Waals surface area (Å²) in [6, 6.07) is 12.1. The highest BCUT2D eigenvalue weighted by molar-refractivity contribution is 7.88. The van der Waals surface area contributed by atoms with Crippen LogP contribution in [0.5, 0.6) is 11.5 Å². The lowest BCUT2D eigenvalue weighted by molar-refractivity contribution is 0.0950. The van der Waals surface area contributed by atoms with Gasteiger partial charge in [0.25, 0.3) is 5.91 Å². The Morgan fingerprint density at radius 2 is 1.54 bits per heavy atom. The first-order chi connectivity index (χ1) is 13.4. The summed E-state index contributed by atoms with van der Waals surface area (Å²) < 4.78 is 36.5. The minimum absolute atomic E-state index is 0.0808. The van der Waals surface area contributed by atoms with E-state index in [4.69, 9.17) is 9.47 Å². The Labute approximate surface area is 166 Å². The van der Waals surface area contributed by atoms with Crippen molar-refractivity contribution in [3.63, 3.8) is 0 Å². The number of carbonyl (C=O) groups is 1. The van der Waals surface area contributed by atoms with Crippen molar-refractivity contribution < 1.29 is 22.7 Å². The molecule has 0 spiro atoms. The topological polar surface area (TPSA) is 93.7 Å². The van der Waals surface area contributed by atoms with Gasteiger partial charge in [0.2, 0.25) is 10.0 Å². The molecule has 0 aromatic heterocycles. The number of hydrogen-bond acceptors (Lipinski definition) is 5. The van der Waals surface area contributed by atoms with E-state index in [1.54, 1.807) is 42.5 Å². The maximum atomic E-state index is 12.4. The molecule has 152 valence electrons. The second-order valence-corrected chi connectivity index (χ2v) is 7.92. The molecule has 0 aliphatic heterocycles. The van der Waals surface area contributed by atoms with Crippen molar-refractivity contribution in [1.29, 1.82) is 0 Å². The van der Waals surface area contributed by atoms with Crippen molar-refractivity contribution in [2.45, 2.75) is 26.1 Å². The summed E-state index contributed by atoms with van der Waals surface area (Å²) in [6.07, 6.45) is 0. The highest BCUT2D eigenvalue weighted by Crippen LogP contribution is 2.28. The van der Waals surface area contributed by atoms with Crippen LogP contribution in [0.25, 0.3) is 0 Å². The Kier molecular flexibility index (Phi) is 7.83. The fraction of sp³-hybridized carbons (Fsp3) is 0.350. The smallest absolute Gasteiger partial charge is 0.251 e. The summed E-state index contributed by atoms with van der Waals surface area (Å²) in [7, 11) is -1.92. The molecule has 0 radical (unpaired) electrons. The van der Waals surface area contributed by atoms with Gasteiger partial charge in [0.05, 0.1) is 19.0 Å². The summed E-state index contributed by atoms with van der Waals surface area (Å²) in [5.74, 6) is 0.827. The number of rotatable bonds is 10. The predicted molar refractivity (Wildman–Crippen MR) is 108 cm³/mol. The van der Waals surface area contributed by atoms with E-state index in [1.165, 1.54) is 7.05 Å². The zero-order chi connectivity index (χ0) is 20.6. The largest absolute Gasteiger partial charge is 0.490 e. The average Bonchev–Trinajstić information content (AvgIpc) is 2.68. The minimum Gasteiger partial charge on any atom is -0.490 e. The third kappa shape index (κ3) is 6.24. The van der Waals surface area contributed by atoms with Crippen molar-refractivity contribution in [2.75, 3.05) is 20.3 Å². The second-order valence-electron chi connectivity index (χ2n) is 5.99. The van der Waals surface area contributed by atoms with Gasteiger partial charge in [-0.3, -0.25) is 4.79 Å². The van der Waals surface area contributed by atoms with Crippen LogP contribution in [0.15, 0.2) is 42.5 Å². The predicted octanol–water partition coefficient (Wildman–Crippen LogP) is 2.46. The number of amides is 1. The second kappa shape index (κ2) is 10.1. The van der Waals surface area contributed by atoms with Crippen LogP contribution in [-0.2, 0) is 22.3 Å². The molecule has 28 heavy (non-hydrogen) atoms. The quantitative estimate of drug-likeness (QED) is 0.632. The maximum absolute atomic E-state index is 12.4. The zero-order valence-corrected chi connectivity index (χ0v) is 17.1. The maximum Gasteiger partial charge on any atom is 0.251 e. The van der Waals surface area contributed by atoms with Crippen LogP contribution in [0.3, 0.4) is 0 Å². The fourth-order valence-corrected chi connectivity index (χ4v) is 3.30. The summed E-state index contributed by atoms with van der Waals surface area (Å²) in [6.45, 7) is 5.07. The van der Waals surface area contributed by atoms with Crippen LogP contribution in [0.1, 0.15) is 35.3 Å². The van der Waals surface area contributed by atoms with E-state index < -0.39 is 10.0 Å². The summed E-state index contributed by atoms with van der Waals surface area (Å²) in [4.78, 5) is 12.4. The SMILES string of the molecule is CCOc1ccc(C(=O)NCc2ccc(CS(=O)(=O)NC)cc2)cc1OCC. The van der Waals surface area contributed by atoms with Gasteiger partial charge in [0, 0.05) is 12.1 Å². The molecule has 2 N–H and O–H groups in total. The van der Waals surface area contributed by atoms with Crippen LogP contribution in [-0.4, -0.2) is 34.6 Å². The van der Waals surface area contributed by atoms with Crippen LogP contribution < -0.4 is 19.5 Å². The van der Waals surface area contributed by atoms with E-state index in [1.807, 2.05) is 13.8 Å². The summed E-state index contributed by atoms with van der Waals surface area (Å²) >= 11 is 0. The zero-order valence-electron chi connectivity index (χ0n) is 16.3. The van der Waals surface area contributed by atoms with E-state index in [0.29, 0.717) is 42.4 Å². The van der Waals surface area contributed by atoms with Gasteiger partial charge >= 0.3 is 0 Å². The number of carbonyl (C=O) groups excluding carboxylic acids is 1. The molecule has 0 saturated carbocycles. The lowest BCUT2D eigenvalue weighted by Crippen LogP contribution is -2.23. The average molecular weight is 407 g/mol. The molecule has 7 nitrogen and oxygen atoms in total. The van der Waals surface area contributed by atoms with Crippen LogP contribution in [0.4, 0.5) is 0 Å². The number of hydrogen-bond donors (Lipinski definition) is 2. The van der Waals surface area contributed by atoms with Gasteiger partial charge in [0.15, 0.2) is 11.5 Å². The first-order valence-electron chi connectivity index (χ1n) is 9.05. The van der Waals surface area contributed by atoms with Crippen molar-refractivity contribution in [3.8, 4) is 11.5 Å². The number of sulfonamides is 1. The molecule has 0 atom stereocenters. The van der Waals surface area contributed by atoms with Gasteiger partial charge in [-0.15, -0.1) is 0 Å². The Bertz CT molecular complexity index is 895. The molecule has 2 aromatic carbocycles. The number of benzene rings is 2. The molecular formula is C20H26N2O5S. The van der Waals surface area contributed by atoms with Gasteiger partial charge in [-0.1, -0.05) is 24.3 Å². The van der Waals surface area contributed by atoms with E-state index in [-0.39, 0.29) is 11.7 Å². The van der Waals surface area contributed by atoms with Crippen molar-refractivity contribution in [1.82, 2.24) is 10.0 Å². The normalized spacial score (nSPS) is 11.1. The van der Waals surface area contributed by atoms with Gasteiger partial charge in [0.1, 0.15) is 0 Å². The lowest BCUT2D eigenvalue weighted by atomic mass is 10.1. The Balaban J connectivity index is 2.00. The highest BCUT2D eigenvalue weighted by atomic mass is 32.2. The summed E-state index contributed by atoms with van der Waals surface area (Å²) in [5, 5.41) is 2.85. The Hall–Kier alpha value is -2.58. The van der Waals surface area contributed by atoms with Crippen molar-refractivity contribution in [2.24, 2.45) is 0 Å². The molecule has 0 aliphatic rings. The third-order valence-electron chi connectivity index (χ3n) is 3.95. The monoisotopic (exact) mass is 406 g/mol. The number of ether oxygens (including phenoxy) is 2. The van der Waals surface area contributed by atoms with E-state index >= 15 is 0 Å². The lowest BCUT2D eigenvalue weighted by Gasteiger charge is -2.12. The molecule has 2 rings (SSSR count). The Morgan fingerprint density at radius 1 is 0.929 bits per heavy atom. The molecule has 1 amide bonds. The molecule has 0 fully saturated rings. The minimum atomic E-state index is -3.31. The van der Waals surface area contributed by atoms with Gasteiger partial charge in [-0.25, -0.2) is 13.1 Å². The first-order valence-corrected chi connectivity index (χ1v) is 10.7. The van der Waals surface area contributed by atoms with E-state index in [9.17, 15) is 13.2 Å². The third-order valence-corrected chi connectivity index (χ3v) is 5.28. The molecule has 0 aliphatic carbocycles. The summed E-state index contributed by atoms with van der Waals surface area (Å²) in [5.41, 5.74) is 2.02. The van der Waals surface area contributed by atoms with Crippen molar-refractivity contribution >= 4 is 15.9 Å². The van der Waals surface area contributed by atoms with Crippen molar-refractivity contribution in [3.05, 3.63) is 59.2 Å². The molecule has 2 aromatic rings. The van der Waals surface area contributed by atoms with Gasteiger partial charge in [-0.05, 0) is 50.2 Å². The van der Waals surface area contributed by atoms with Gasteiger partial charge in [-0.2, -0.15) is 0 Å². The van der Waals surface area contributed by atoms with Crippen LogP contribution >= 0.6 is 0 Å². The van der Waals surface area contributed by atoms with Crippen LogP contribution in [0, 0.1) is 0 Å². The first kappa shape index (κ1) is 21.7. The van der Waals surface area contributed by atoms with Gasteiger partial charge < -0.3 is 14.8 Å². The Morgan fingerprint density at radius 3 is 2.14 bits per heavy atom. The molecule has 0 heterocycles. The van der Waals surface area contributed by atoms with Crippen LogP contribution in [0.2, 0.25) is 0 Å². The molecule has 0 unspecified atom stereocenters. The highest BCUT2D eigenvalue weighted by Gasteiger charge is 2.12. The number of nitrogens with one attached hydrogen (secondary N) is 2. The van der Waals surface area contributed by atoms with E-state index in [0.717, 1.165) is 5.56 Å². The van der Waals surface area contributed by atoms with E-state index in [2.05, 4.69) is 10.0 Å². The standard InChI is InChI=1S/C20H26N2O5S/c1-4-26-18-11-10-17(12-19(18)27-5-2)20(23)22-13-15-6-8-16(9-7-15)14-28(24,25)21-3/h6-12,21H,4-5,13-14H2,1-3H3,(H,22,23). The fourth-order valence-electron chi connectivity index (χ4n) is 2.52. The molecular weight excluding hydrogens is 380 g/mol. The molecule has 8 heteroatoms. The molecule has 0 saturated heterocycles. The molecule has 0 bridgehead atoms.